The van der Waals surface area contributed by atoms with E-state index in [1.165, 1.54) is 11.1 Å². The van der Waals surface area contributed by atoms with Gasteiger partial charge in [-0.15, -0.1) is 0 Å². The molecule has 0 aromatic heterocycles. The minimum absolute atomic E-state index is 0.0564. The molecule has 4 heteroatoms. The Labute approximate surface area is 133 Å². The van der Waals surface area contributed by atoms with Crippen LogP contribution in [-0.2, 0) is 24.4 Å². The van der Waals surface area contributed by atoms with Crippen LogP contribution >= 0.6 is 15.9 Å². The molecule has 0 saturated carbocycles. The first-order valence-electron chi connectivity index (χ1n) is 6.95. The number of hydrogen-bond acceptors (Lipinski definition) is 3. The van der Waals surface area contributed by atoms with Crippen molar-refractivity contribution in [1.82, 2.24) is 0 Å². The molecule has 21 heavy (non-hydrogen) atoms. The number of hydrogen-bond donors (Lipinski definition) is 1. The highest BCUT2D eigenvalue weighted by molar-refractivity contribution is 9.10. The maximum absolute atomic E-state index is 6.38. The van der Waals surface area contributed by atoms with E-state index in [9.17, 15) is 0 Å². The number of fused-ring (bicyclic) bond motifs is 1. The highest BCUT2D eigenvalue weighted by Crippen LogP contribution is 2.29. The quantitative estimate of drug-likeness (QED) is 0.916. The van der Waals surface area contributed by atoms with Crippen LogP contribution in [-0.4, -0.2) is 7.11 Å². The van der Waals surface area contributed by atoms with Crippen molar-refractivity contribution in [3.8, 4) is 5.75 Å². The van der Waals surface area contributed by atoms with Crippen molar-refractivity contribution in [2.75, 3.05) is 7.11 Å². The minimum atomic E-state index is -0.0564. The largest absolute Gasteiger partial charge is 0.496 e. The van der Waals surface area contributed by atoms with Crippen LogP contribution in [0.4, 0.5) is 0 Å². The molecular formula is C17H18BrNO2. The lowest BCUT2D eigenvalue weighted by molar-refractivity contribution is 0.134. The molecule has 0 amide bonds. The zero-order valence-electron chi connectivity index (χ0n) is 11.9. The van der Waals surface area contributed by atoms with Gasteiger partial charge in [0.2, 0.25) is 0 Å². The third-order valence-electron chi connectivity index (χ3n) is 3.86. The zero-order valence-corrected chi connectivity index (χ0v) is 13.5. The first-order valence-corrected chi connectivity index (χ1v) is 7.74. The van der Waals surface area contributed by atoms with Crippen molar-refractivity contribution in [2.45, 2.75) is 25.7 Å². The fourth-order valence-corrected chi connectivity index (χ4v) is 3.09. The Bertz CT molecular complexity index is 657. The Kier molecular flexibility index (Phi) is 4.29. The summed E-state index contributed by atoms with van der Waals surface area (Å²) in [6, 6.07) is 12.3. The molecule has 2 aromatic rings. The lowest BCUT2D eigenvalue weighted by Gasteiger charge is -2.16. The van der Waals surface area contributed by atoms with E-state index >= 15 is 0 Å². The topological polar surface area (TPSA) is 44.5 Å². The summed E-state index contributed by atoms with van der Waals surface area (Å²) in [6.07, 6.45) is 0.738. The average Bonchev–Trinajstić information content (AvgIpc) is 2.94. The average molecular weight is 348 g/mol. The minimum Gasteiger partial charge on any atom is -0.496 e. The molecular weight excluding hydrogens is 330 g/mol. The maximum atomic E-state index is 6.38. The van der Waals surface area contributed by atoms with E-state index < -0.39 is 0 Å². The Balaban J connectivity index is 1.83. The second kappa shape index (κ2) is 6.18. The number of nitrogens with two attached hydrogens (primary N) is 1. The fraction of sp³-hybridized carbons (Fsp3) is 0.294. The molecule has 0 bridgehead atoms. The molecule has 0 saturated heterocycles. The highest BCUT2D eigenvalue weighted by atomic mass is 79.9. The molecule has 1 atom stereocenters. The summed E-state index contributed by atoms with van der Waals surface area (Å²) in [5, 5.41) is 0. The zero-order chi connectivity index (χ0) is 14.8. The molecule has 0 radical (unpaired) electrons. The van der Waals surface area contributed by atoms with Gasteiger partial charge < -0.3 is 15.2 Å². The lowest BCUT2D eigenvalue weighted by atomic mass is 9.96. The lowest BCUT2D eigenvalue weighted by Crippen LogP contribution is -2.14. The Morgan fingerprint density at radius 2 is 2.00 bits per heavy atom. The SMILES string of the molecule is COc1ccc(Br)cc1CC(N)c1ccc2c(c1)COC2. The van der Waals surface area contributed by atoms with Gasteiger partial charge in [-0.25, -0.2) is 0 Å². The summed E-state index contributed by atoms with van der Waals surface area (Å²) in [6.45, 7) is 1.40. The Hall–Kier alpha value is -1.36. The van der Waals surface area contributed by atoms with Crippen molar-refractivity contribution < 1.29 is 9.47 Å². The molecule has 1 aliphatic heterocycles. The van der Waals surface area contributed by atoms with Crippen molar-refractivity contribution in [3.05, 3.63) is 63.1 Å². The molecule has 3 rings (SSSR count). The monoisotopic (exact) mass is 347 g/mol. The first-order chi connectivity index (χ1) is 10.2. The molecule has 1 heterocycles. The van der Waals surface area contributed by atoms with Gasteiger partial charge in [0, 0.05) is 10.5 Å². The predicted octanol–water partition coefficient (Wildman–Crippen LogP) is 3.73. The number of rotatable bonds is 4. The summed E-state index contributed by atoms with van der Waals surface area (Å²) in [7, 11) is 1.69. The van der Waals surface area contributed by atoms with Crippen LogP contribution < -0.4 is 10.5 Å². The summed E-state index contributed by atoms with van der Waals surface area (Å²) in [5.74, 6) is 0.873. The van der Waals surface area contributed by atoms with Crippen molar-refractivity contribution >= 4 is 15.9 Å². The van der Waals surface area contributed by atoms with Gasteiger partial charge in [0.05, 0.1) is 20.3 Å². The Morgan fingerprint density at radius 3 is 2.81 bits per heavy atom. The van der Waals surface area contributed by atoms with Gasteiger partial charge in [-0.1, -0.05) is 34.1 Å². The van der Waals surface area contributed by atoms with Gasteiger partial charge in [0.15, 0.2) is 0 Å². The molecule has 1 aliphatic rings. The van der Waals surface area contributed by atoms with E-state index in [1.54, 1.807) is 7.11 Å². The second-order valence-electron chi connectivity index (χ2n) is 5.29. The number of methoxy groups -OCH3 is 1. The van der Waals surface area contributed by atoms with Gasteiger partial charge in [-0.2, -0.15) is 0 Å². The first kappa shape index (κ1) is 14.6. The highest BCUT2D eigenvalue weighted by Gasteiger charge is 2.16. The third kappa shape index (κ3) is 3.12. The number of halogens is 1. The second-order valence-corrected chi connectivity index (χ2v) is 6.20. The van der Waals surface area contributed by atoms with Crippen LogP contribution in [0.25, 0.3) is 0 Å². The molecule has 2 aromatic carbocycles. The molecule has 0 aliphatic carbocycles. The molecule has 0 spiro atoms. The summed E-state index contributed by atoms with van der Waals surface area (Å²) in [4.78, 5) is 0. The maximum Gasteiger partial charge on any atom is 0.122 e. The van der Waals surface area contributed by atoms with Gasteiger partial charge >= 0.3 is 0 Å². The van der Waals surface area contributed by atoms with Crippen LogP contribution in [0, 0.1) is 0 Å². The van der Waals surface area contributed by atoms with Crippen molar-refractivity contribution in [3.63, 3.8) is 0 Å². The number of benzene rings is 2. The van der Waals surface area contributed by atoms with Crippen LogP contribution in [0.15, 0.2) is 40.9 Å². The van der Waals surface area contributed by atoms with E-state index in [4.69, 9.17) is 15.2 Å². The van der Waals surface area contributed by atoms with Crippen molar-refractivity contribution in [1.29, 1.82) is 0 Å². The van der Waals surface area contributed by atoms with E-state index in [0.717, 1.165) is 27.8 Å². The van der Waals surface area contributed by atoms with Gasteiger partial charge in [-0.3, -0.25) is 0 Å². The summed E-state index contributed by atoms with van der Waals surface area (Å²) >= 11 is 3.50. The fourth-order valence-electron chi connectivity index (χ4n) is 2.68. The number of ether oxygens (including phenoxy) is 2. The molecule has 0 fully saturated rings. The van der Waals surface area contributed by atoms with Crippen LogP contribution in [0.5, 0.6) is 5.75 Å². The molecule has 2 N–H and O–H groups in total. The summed E-state index contributed by atoms with van der Waals surface area (Å²) < 4.78 is 11.9. The third-order valence-corrected chi connectivity index (χ3v) is 4.35. The van der Waals surface area contributed by atoms with E-state index in [-0.39, 0.29) is 6.04 Å². The van der Waals surface area contributed by atoms with Gasteiger partial charge in [0.1, 0.15) is 5.75 Å². The van der Waals surface area contributed by atoms with E-state index in [1.807, 2.05) is 12.1 Å². The Morgan fingerprint density at radius 1 is 1.19 bits per heavy atom. The molecule has 110 valence electrons. The standard InChI is InChI=1S/C17H18BrNO2/c1-20-17-5-4-15(18)7-13(17)8-16(19)11-2-3-12-9-21-10-14(12)6-11/h2-7,16H,8-10,19H2,1H3. The van der Waals surface area contributed by atoms with Crippen LogP contribution in [0.2, 0.25) is 0 Å². The molecule has 3 nitrogen and oxygen atoms in total. The van der Waals surface area contributed by atoms with E-state index in [2.05, 4.69) is 40.2 Å². The van der Waals surface area contributed by atoms with Crippen LogP contribution in [0.1, 0.15) is 28.3 Å². The van der Waals surface area contributed by atoms with Gasteiger partial charge in [-0.05, 0) is 46.9 Å². The van der Waals surface area contributed by atoms with Crippen LogP contribution in [0.3, 0.4) is 0 Å². The normalized spacial score (nSPS) is 14.8. The van der Waals surface area contributed by atoms with Gasteiger partial charge in [0.25, 0.3) is 0 Å². The molecule has 1 unspecified atom stereocenters. The summed E-state index contributed by atoms with van der Waals surface area (Å²) in [5.41, 5.74) is 11.2. The predicted molar refractivity (Wildman–Crippen MR) is 86.3 cm³/mol. The van der Waals surface area contributed by atoms with E-state index in [0.29, 0.717) is 13.2 Å². The smallest absolute Gasteiger partial charge is 0.122 e. The van der Waals surface area contributed by atoms with Crippen molar-refractivity contribution in [2.24, 2.45) is 5.73 Å².